The molecule has 1 fully saturated rings. The molecule has 2 aromatic carbocycles. The van der Waals surface area contributed by atoms with E-state index in [-0.39, 0.29) is 17.6 Å². The summed E-state index contributed by atoms with van der Waals surface area (Å²) in [5, 5.41) is 5.68. The molecule has 154 valence electrons. The summed E-state index contributed by atoms with van der Waals surface area (Å²) in [4.78, 5) is 27.0. The quantitative estimate of drug-likeness (QED) is 0.627. The number of hydrogen-bond acceptors (Lipinski definition) is 5. The maximum absolute atomic E-state index is 12.6. The zero-order valence-corrected chi connectivity index (χ0v) is 17.5. The summed E-state index contributed by atoms with van der Waals surface area (Å²) >= 11 is 1.99. The molecule has 6 nitrogen and oxygen atoms in total. The van der Waals surface area contributed by atoms with Crippen LogP contribution in [0.1, 0.15) is 26.5 Å². The highest BCUT2D eigenvalue weighted by atomic mass is 32.2. The van der Waals surface area contributed by atoms with E-state index in [2.05, 4.69) is 28.5 Å². The van der Waals surface area contributed by atoms with Crippen LogP contribution in [0.3, 0.4) is 0 Å². The molecule has 2 heterocycles. The Labute approximate surface area is 179 Å². The molecule has 2 N–H and O–H groups in total. The van der Waals surface area contributed by atoms with Crippen LogP contribution in [0.5, 0.6) is 0 Å². The lowest BCUT2D eigenvalue weighted by Crippen LogP contribution is -2.32. The molecule has 0 spiro atoms. The van der Waals surface area contributed by atoms with E-state index in [1.165, 1.54) is 12.0 Å². The molecule has 0 unspecified atom stereocenters. The highest BCUT2D eigenvalue weighted by Crippen LogP contribution is 2.26. The lowest BCUT2D eigenvalue weighted by molar-refractivity contribution is 0.0995. The Balaban J connectivity index is 1.38. The van der Waals surface area contributed by atoms with E-state index in [1.807, 2.05) is 23.9 Å². The number of hydrogen-bond donors (Lipinski definition) is 2. The Hall–Kier alpha value is -3.19. The van der Waals surface area contributed by atoms with Crippen molar-refractivity contribution in [2.75, 3.05) is 40.1 Å². The molecule has 30 heavy (non-hydrogen) atoms. The van der Waals surface area contributed by atoms with Crippen molar-refractivity contribution in [1.82, 2.24) is 0 Å². The number of nitrogens with one attached hydrogen (secondary N) is 2. The summed E-state index contributed by atoms with van der Waals surface area (Å²) in [6, 6.07) is 16.0. The molecular weight excluding hydrogens is 398 g/mol. The number of aryl methyl sites for hydroxylation is 1. The first-order valence-electron chi connectivity index (χ1n) is 9.80. The predicted molar refractivity (Wildman–Crippen MR) is 122 cm³/mol. The van der Waals surface area contributed by atoms with E-state index < -0.39 is 0 Å². The van der Waals surface area contributed by atoms with Gasteiger partial charge in [-0.3, -0.25) is 9.59 Å². The second-order valence-electron chi connectivity index (χ2n) is 7.06. The minimum absolute atomic E-state index is 0.194. The largest absolute Gasteiger partial charge is 0.459 e. The van der Waals surface area contributed by atoms with Crippen LogP contribution in [0.15, 0.2) is 65.3 Å². The Kier molecular flexibility index (Phi) is 6.09. The summed E-state index contributed by atoms with van der Waals surface area (Å²) in [6.45, 7) is 4.18. The van der Waals surface area contributed by atoms with E-state index in [0.717, 1.165) is 35.8 Å². The zero-order valence-electron chi connectivity index (χ0n) is 16.7. The van der Waals surface area contributed by atoms with Gasteiger partial charge in [0.05, 0.1) is 6.26 Å². The molecule has 0 radical (unpaired) electrons. The van der Waals surface area contributed by atoms with Crippen LogP contribution in [0.4, 0.5) is 17.1 Å². The number of anilines is 3. The average molecular weight is 422 g/mol. The second kappa shape index (κ2) is 9.09. The first kappa shape index (κ1) is 20.1. The monoisotopic (exact) mass is 421 g/mol. The Morgan fingerprint density at radius 3 is 2.30 bits per heavy atom. The fourth-order valence-electron chi connectivity index (χ4n) is 3.40. The molecule has 1 aliphatic rings. The molecule has 1 aromatic heterocycles. The number of nitrogens with zero attached hydrogens (tertiary/aromatic N) is 1. The highest BCUT2D eigenvalue weighted by molar-refractivity contribution is 7.99. The van der Waals surface area contributed by atoms with Gasteiger partial charge in [0.25, 0.3) is 11.8 Å². The van der Waals surface area contributed by atoms with Gasteiger partial charge in [0.15, 0.2) is 5.76 Å². The number of furan rings is 1. The van der Waals surface area contributed by atoms with Crippen molar-refractivity contribution in [3.05, 3.63) is 77.7 Å². The van der Waals surface area contributed by atoms with Crippen molar-refractivity contribution in [2.24, 2.45) is 0 Å². The van der Waals surface area contributed by atoms with E-state index in [9.17, 15) is 9.59 Å². The number of carbonyl (C=O) groups is 2. The van der Waals surface area contributed by atoms with Gasteiger partial charge in [-0.1, -0.05) is 0 Å². The number of benzene rings is 2. The summed E-state index contributed by atoms with van der Waals surface area (Å²) in [5.74, 6) is 2.01. The van der Waals surface area contributed by atoms with Gasteiger partial charge in [0.1, 0.15) is 0 Å². The fourth-order valence-corrected chi connectivity index (χ4v) is 4.30. The van der Waals surface area contributed by atoms with Gasteiger partial charge >= 0.3 is 0 Å². The molecule has 3 aromatic rings. The molecule has 1 saturated heterocycles. The maximum Gasteiger partial charge on any atom is 0.291 e. The smallest absolute Gasteiger partial charge is 0.291 e. The number of carbonyl (C=O) groups excluding carboxylic acids is 2. The van der Waals surface area contributed by atoms with Crippen LogP contribution in [0.2, 0.25) is 0 Å². The van der Waals surface area contributed by atoms with Crippen molar-refractivity contribution < 1.29 is 14.0 Å². The predicted octanol–water partition coefficient (Wildman–Crippen LogP) is 4.65. The van der Waals surface area contributed by atoms with Crippen molar-refractivity contribution in [2.45, 2.75) is 6.92 Å². The van der Waals surface area contributed by atoms with E-state index >= 15 is 0 Å². The molecule has 0 saturated carbocycles. The topological polar surface area (TPSA) is 74.6 Å². The fraction of sp³-hybridized carbons (Fsp3) is 0.217. The molecule has 4 rings (SSSR count). The summed E-state index contributed by atoms with van der Waals surface area (Å²) in [6.07, 6.45) is 1.45. The third-order valence-electron chi connectivity index (χ3n) is 4.96. The first-order chi connectivity index (χ1) is 14.6. The van der Waals surface area contributed by atoms with Gasteiger partial charge in [-0.05, 0) is 67.1 Å². The maximum atomic E-state index is 12.6. The lowest BCUT2D eigenvalue weighted by Gasteiger charge is -2.30. The van der Waals surface area contributed by atoms with Gasteiger partial charge in [-0.2, -0.15) is 11.8 Å². The van der Waals surface area contributed by atoms with Crippen molar-refractivity contribution in [3.63, 3.8) is 0 Å². The lowest BCUT2D eigenvalue weighted by atomic mass is 10.1. The SMILES string of the molecule is Cc1cc(NC(=O)c2ccc(NC(=O)c3ccco3)cc2)ccc1N1CCSCC1. The molecule has 0 aliphatic carbocycles. The van der Waals surface area contributed by atoms with Gasteiger partial charge < -0.3 is 20.0 Å². The van der Waals surface area contributed by atoms with E-state index in [0.29, 0.717) is 11.3 Å². The average Bonchev–Trinajstić information content (AvgIpc) is 3.30. The van der Waals surface area contributed by atoms with Crippen molar-refractivity contribution >= 4 is 40.6 Å². The van der Waals surface area contributed by atoms with Gasteiger partial charge in [0.2, 0.25) is 0 Å². The van der Waals surface area contributed by atoms with Crippen molar-refractivity contribution in [1.29, 1.82) is 0 Å². The Morgan fingerprint density at radius 1 is 0.933 bits per heavy atom. The molecule has 2 amide bonds. The Bertz CT molecular complexity index is 1030. The van der Waals surface area contributed by atoms with Crippen molar-refractivity contribution in [3.8, 4) is 0 Å². The van der Waals surface area contributed by atoms with Gasteiger partial charge in [-0.25, -0.2) is 0 Å². The molecular formula is C23H23N3O3S. The van der Waals surface area contributed by atoms with Crippen LogP contribution in [-0.2, 0) is 0 Å². The molecule has 7 heteroatoms. The number of rotatable bonds is 5. The standard InChI is InChI=1S/C23H23N3O3S/c1-16-15-19(8-9-20(16)26-10-13-30-14-11-26)25-22(27)17-4-6-18(7-5-17)24-23(28)21-3-2-12-29-21/h2-9,12,15H,10-11,13-14H2,1H3,(H,24,28)(H,25,27). The molecule has 0 atom stereocenters. The third kappa shape index (κ3) is 4.68. The minimum Gasteiger partial charge on any atom is -0.459 e. The van der Waals surface area contributed by atoms with Crippen LogP contribution >= 0.6 is 11.8 Å². The molecule has 1 aliphatic heterocycles. The normalized spacial score (nSPS) is 13.7. The number of amides is 2. The summed E-state index contributed by atoms with van der Waals surface area (Å²) < 4.78 is 5.07. The van der Waals surface area contributed by atoms with Crippen LogP contribution < -0.4 is 15.5 Å². The van der Waals surface area contributed by atoms with Crippen LogP contribution in [0, 0.1) is 6.92 Å². The van der Waals surface area contributed by atoms with Gasteiger partial charge in [0, 0.05) is 47.2 Å². The Morgan fingerprint density at radius 2 is 1.63 bits per heavy atom. The van der Waals surface area contributed by atoms with E-state index in [4.69, 9.17) is 4.42 Å². The minimum atomic E-state index is -0.333. The summed E-state index contributed by atoms with van der Waals surface area (Å²) in [5.41, 5.74) is 4.25. The third-order valence-corrected chi connectivity index (χ3v) is 5.90. The first-order valence-corrected chi connectivity index (χ1v) is 11.0. The highest BCUT2D eigenvalue weighted by Gasteiger charge is 2.14. The second-order valence-corrected chi connectivity index (χ2v) is 8.29. The number of thioether (sulfide) groups is 1. The van der Waals surface area contributed by atoms with Gasteiger partial charge in [-0.15, -0.1) is 0 Å². The zero-order chi connectivity index (χ0) is 20.9. The summed E-state index contributed by atoms with van der Waals surface area (Å²) in [7, 11) is 0. The molecule has 0 bridgehead atoms. The van der Waals surface area contributed by atoms with Crippen LogP contribution in [0.25, 0.3) is 0 Å². The van der Waals surface area contributed by atoms with Crippen LogP contribution in [-0.4, -0.2) is 36.4 Å². The van der Waals surface area contributed by atoms with E-state index in [1.54, 1.807) is 36.4 Å².